The SMILES string of the molecule is CN=C(NCCc1nc(C)c(C)s1)NCc1cccc(OCc2ccccn2)c1. The number of nitrogens with one attached hydrogen (secondary N) is 2. The van der Waals surface area contributed by atoms with Crippen LogP contribution in [0.25, 0.3) is 0 Å². The zero-order valence-electron chi connectivity index (χ0n) is 17.1. The van der Waals surface area contributed by atoms with Gasteiger partial charge in [0.2, 0.25) is 0 Å². The molecule has 152 valence electrons. The van der Waals surface area contributed by atoms with Gasteiger partial charge in [0, 0.05) is 37.6 Å². The fourth-order valence-corrected chi connectivity index (χ4v) is 3.66. The number of guanidine groups is 1. The lowest BCUT2D eigenvalue weighted by atomic mass is 10.2. The smallest absolute Gasteiger partial charge is 0.191 e. The second-order valence-corrected chi connectivity index (χ2v) is 7.90. The van der Waals surface area contributed by atoms with E-state index in [4.69, 9.17) is 4.74 Å². The van der Waals surface area contributed by atoms with Crippen LogP contribution in [0, 0.1) is 13.8 Å². The summed E-state index contributed by atoms with van der Waals surface area (Å²) in [6.07, 6.45) is 2.66. The van der Waals surface area contributed by atoms with Crippen LogP contribution in [0.5, 0.6) is 5.75 Å². The summed E-state index contributed by atoms with van der Waals surface area (Å²) in [5.74, 6) is 1.60. The Labute approximate surface area is 176 Å². The second-order valence-electron chi connectivity index (χ2n) is 6.61. The maximum absolute atomic E-state index is 5.85. The van der Waals surface area contributed by atoms with Crippen LogP contribution in [0.1, 0.15) is 26.8 Å². The number of hydrogen-bond acceptors (Lipinski definition) is 5. The summed E-state index contributed by atoms with van der Waals surface area (Å²) in [5.41, 5.74) is 3.15. The van der Waals surface area contributed by atoms with Gasteiger partial charge in [-0.1, -0.05) is 18.2 Å². The summed E-state index contributed by atoms with van der Waals surface area (Å²) < 4.78 is 5.85. The minimum absolute atomic E-state index is 0.455. The predicted octanol–water partition coefficient (Wildman–Crippen LogP) is 3.64. The van der Waals surface area contributed by atoms with E-state index >= 15 is 0 Å². The van der Waals surface area contributed by atoms with E-state index in [2.05, 4.69) is 45.5 Å². The van der Waals surface area contributed by atoms with E-state index in [0.29, 0.717) is 13.2 Å². The van der Waals surface area contributed by atoms with Gasteiger partial charge in [-0.25, -0.2) is 4.98 Å². The van der Waals surface area contributed by atoms with Crippen LogP contribution in [0.2, 0.25) is 0 Å². The van der Waals surface area contributed by atoms with Crippen molar-refractivity contribution >= 4 is 17.3 Å². The highest BCUT2D eigenvalue weighted by Crippen LogP contribution is 2.16. The molecule has 29 heavy (non-hydrogen) atoms. The average Bonchev–Trinajstić information content (AvgIpc) is 3.07. The van der Waals surface area contributed by atoms with Gasteiger partial charge in [0.05, 0.1) is 16.4 Å². The minimum Gasteiger partial charge on any atom is -0.487 e. The van der Waals surface area contributed by atoms with Crippen LogP contribution in [-0.4, -0.2) is 29.5 Å². The molecule has 1 aromatic carbocycles. The monoisotopic (exact) mass is 409 g/mol. The van der Waals surface area contributed by atoms with E-state index in [1.165, 1.54) is 4.88 Å². The summed E-state index contributed by atoms with van der Waals surface area (Å²) in [5, 5.41) is 7.84. The number of pyridine rings is 1. The molecule has 3 aromatic rings. The number of aromatic nitrogens is 2. The first-order chi connectivity index (χ1) is 14.1. The number of benzene rings is 1. The Morgan fingerprint density at radius 3 is 2.76 bits per heavy atom. The Hall–Kier alpha value is -2.93. The number of thiazole rings is 1. The molecule has 2 N–H and O–H groups in total. The van der Waals surface area contributed by atoms with Crippen molar-refractivity contribution in [3.05, 3.63) is 75.5 Å². The molecule has 0 aliphatic rings. The maximum atomic E-state index is 5.85. The number of rotatable bonds is 8. The Morgan fingerprint density at radius 1 is 1.14 bits per heavy atom. The number of nitrogens with zero attached hydrogens (tertiary/aromatic N) is 3. The minimum atomic E-state index is 0.455. The molecule has 0 amide bonds. The van der Waals surface area contributed by atoms with E-state index in [0.717, 1.165) is 46.6 Å². The summed E-state index contributed by atoms with van der Waals surface area (Å²) in [6.45, 7) is 6.07. The molecule has 3 rings (SSSR count). The number of ether oxygens (including phenoxy) is 1. The van der Waals surface area contributed by atoms with E-state index in [1.807, 2.05) is 36.4 Å². The van der Waals surface area contributed by atoms with Gasteiger partial charge in [-0.05, 0) is 43.7 Å². The maximum Gasteiger partial charge on any atom is 0.191 e. The molecular formula is C22H27N5OS. The summed E-state index contributed by atoms with van der Waals surface area (Å²) >= 11 is 1.76. The van der Waals surface area contributed by atoms with Crippen LogP contribution < -0.4 is 15.4 Å². The van der Waals surface area contributed by atoms with E-state index in [-0.39, 0.29) is 0 Å². The van der Waals surface area contributed by atoms with Crippen molar-refractivity contribution in [3.63, 3.8) is 0 Å². The third-order valence-corrected chi connectivity index (χ3v) is 5.53. The summed E-state index contributed by atoms with van der Waals surface area (Å²) in [4.78, 5) is 14.4. The molecule has 0 saturated heterocycles. The Kier molecular flexibility index (Phi) is 7.58. The molecule has 0 unspecified atom stereocenters. The Morgan fingerprint density at radius 2 is 2.03 bits per heavy atom. The van der Waals surface area contributed by atoms with Crippen molar-refractivity contribution < 1.29 is 4.74 Å². The van der Waals surface area contributed by atoms with Crippen LogP contribution >= 0.6 is 11.3 Å². The third-order valence-electron chi connectivity index (χ3n) is 4.40. The predicted molar refractivity (Wildman–Crippen MR) is 119 cm³/mol. The largest absolute Gasteiger partial charge is 0.487 e. The summed E-state index contributed by atoms with van der Waals surface area (Å²) in [6, 6.07) is 13.9. The van der Waals surface area contributed by atoms with Gasteiger partial charge in [0.1, 0.15) is 12.4 Å². The highest BCUT2D eigenvalue weighted by molar-refractivity contribution is 7.11. The zero-order valence-corrected chi connectivity index (χ0v) is 17.9. The van der Waals surface area contributed by atoms with Crippen LogP contribution in [0.3, 0.4) is 0 Å². The first-order valence-corrected chi connectivity index (χ1v) is 10.4. The molecule has 0 aliphatic carbocycles. The molecule has 0 spiro atoms. The van der Waals surface area contributed by atoms with Crippen LogP contribution in [-0.2, 0) is 19.6 Å². The molecule has 0 bridgehead atoms. The van der Waals surface area contributed by atoms with Crippen molar-refractivity contribution in [1.82, 2.24) is 20.6 Å². The van der Waals surface area contributed by atoms with Crippen molar-refractivity contribution in [2.75, 3.05) is 13.6 Å². The van der Waals surface area contributed by atoms with Crippen molar-refractivity contribution in [2.24, 2.45) is 4.99 Å². The molecule has 2 aromatic heterocycles. The van der Waals surface area contributed by atoms with Crippen LogP contribution in [0.4, 0.5) is 0 Å². The normalized spacial score (nSPS) is 11.3. The summed E-state index contributed by atoms with van der Waals surface area (Å²) in [7, 11) is 1.78. The molecule has 6 nitrogen and oxygen atoms in total. The second kappa shape index (κ2) is 10.6. The first kappa shape index (κ1) is 20.8. The number of aryl methyl sites for hydroxylation is 2. The van der Waals surface area contributed by atoms with Gasteiger partial charge < -0.3 is 15.4 Å². The zero-order chi connectivity index (χ0) is 20.5. The van der Waals surface area contributed by atoms with Gasteiger partial charge in [0.25, 0.3) is 0 Å². The quantitative estimate of drug-likeness (QED) is 0.439. The topological polar surface area (TPSA) is 71.4 Å². The molecule has 0 radical (unpaired) electrons. The Balaban J connectivity index is 1.45. The van der Waals surface area contributed by atoms with E-state index in [1.54, 1.807) is 24.6 Å². The highest BCUT2D eigenvalue weighted by atomic mass is 32.1. The van der Waals surface area contributed by atoms with E-state index in [9.17, 15) is 0 Å². The van der Waals surface area contributed by atoms with Gasteiger partial charge in [0.15, 0.2) is 5.96 Å². The van der Waals surface area contributed by atoms with Crippen molar-refractivity contribution in [2.45, 2.75) is 33.4 Å². The molecule has 0 aliphatic heterocycles. The van der Waals surface area contributed by atoms with Crippen molar-refractivity contribution in [1.29, 1.82) is 0 Å². The first-order valence-electron chi connectivity index (χ1n) is 9.63. The van der Waals surface area contributed by atoms with Crippen molar-refractivity contribution in [3.8, 4) is 5.75 Å². The molecule has 2 heterocycles. The van der Waals surface area contributed by atoms with Gasteiger partial charge in [-0.15, -0.1) is 11.3 Å². The highest BCUT2D eigenvalue weighted by Gasteiger charge is 2.05. The van der Waals surface area contributed by atoms with Crippen LogP contribution in [0.15, 0.2) is 53.7 Å². The van der Waals surface area contributed by atoms with Gasteiger partial charge >= 0.3 is 0 Å². The number of hydrogen-bond donors (Lipinski definition) is 2. The number of aliphatic imine (C=N–C) groups is 1. The lowest BCUT2D eigenvalue weighted by molar-refractivity contribution is 0.301. The fraction of sp³-hybridized carbons (Fsp3) is 0.318. The molecule has 7 heteroatoms. The standard InChI is InChI=1S/C22H27N5OS/c1-16-17(2)29-21(27-16)10-12-25-22(23-3)26-14-18-7-6-9-20(13-18)28-15-19-8-4-5-11-24-19/h4-9,11,13H,10,12,14-15H2,1-3H3,(H2,23,25,26). The third kappa shape index (κ3) is 6.57. The fourth-order valence-electron chi connectivity index (χ4n) is 2.73. The van der Waals surface area contributed by atoms with Gasteiger partial charge in [-0.3, -0.25) is 9.98 Å². The molecular weight excluding hydrogens is 382 g/mol. The average molecular weight is 410 g/mol. The van der Waals surface area contributed by atoms with Gasteiger partial charge in [-0.2, -0.15) is 0 Å². The lowest BCUT2D eigenvalue weighted by Crippen LogP contribution is -2.37. The van der Waals surface area contributed by atoms with E-state index < -0.39 is 0 Å². The molecule has 0 saturated carbocycles. The molecule has 0 fully saturated rings. The Bertz CT molecular complexity index is 920. The molecule has 0 atom stereocenters. The lowest BCUT2D eigenvalue weighted by Gasteiger charge is -2.12.